The highest BCUT2D eigenvalue weighted by Crippen LogP contribution is 2.24. The largest absolute Gasteiger partial charge is 0.479 e. The number of imidazole rings is 1. The van der Waals surface area contributed by atoms with Gasteiger partial charge in [-0.3, -0.25) is 10.2 Å². The molecule has 1 aromatic heterocycles. The Morgan fingerprint density at radius 1 is 1.23 bits per heavy atom. The Morgan fingerprint density at radius 2 is 1.95 bits per heavy atom. The molecule has 2 aromatic carbocycles. The molecule has 0 spiro atoms. The molecule has 5 nitrogen and oxygen atoms in total. The number of benzene rings is 2. The molecule has 1 unspecified atom stereocenters. The van der Waals surface area contributed by atoms with Crippen molar-refractivity contribution >= 4 is 28.5 Å². The Balaban J connectivity index is 1.73. The number of hydrogen-bond acceptors (Lipinski definition) is 3. The zero-order chi connectivity index (χ0) is 15.5. The number of nitrogens with zero attached hydrogens (tertiary/aromatic N) is 2. The number of carbonyl (C=O) groups excluding carboxylic acids is 1. The summed E-state index contributed by atoms with van der Waals surface area (Å²) in [4.78, 5) is 16.5. The summed E-state index contributed by atoms with van der Waals surface area (Å²) in [6, 6.07) is 14.6. The molecular formula is C16H14ClN3O2. The monoisotopic (exact) mass is 315 g/mol. The van der Waals surface area contributed by atoms with Crippen LogP contribution in [0.3, 0.4) is 0 Å². The minimum absolute atomic E-state index is 0.289. The maximum atomic E-state index is 12.2. The van der Waals surface area contributed by atoms with Gasteiger partial charge in [0, 0.05) is 0 Å². The van der Waals surface area contributed by atoms with Crippen molar-refractivity contribution in [1.82, 2.24) is 9.66 Å². The van der Waals surface area contributed by atoms with Gasteiger partial charge in [-0.25, -0.2) is 9.66 Å². The van der Waals surface area contributed by atoms with Gasteiger partial charge in [-0.2, -0.15) is 0 Å². The Kier molecular flexibility index (Phi) is 3.98. The number of carbonyl (C=O) groups is 1. The van der Waals surface area contributed by atoms with Gasteiger partial charge in [0.25, 0.3) is 5.91 Å². The second-order valence-corrected chi connectivity index (χ2v) is 5.18. The van der Waals surface area contributed by atoms with Crippen LogP contribution in [0.2, 0.25) is 5.02 Å². The first kappa shape index (κ1) is 14.4. The lowest BCUT2D eigenvalue weighted by Gasteiger charge is -2.16. The average Bonchev–Trinajstić information content (AvgIpc) is 2.93. The Bertz CT molecular complexity index is 816. The highest BCUT2D eigenvalue weighted by molar-refractivity contribution is 6.32. The Morgan fingerprint density at radius 3 is 2.77 bits per heavy atom. The van der Waals surface area contributed by atoms with Crippen LogP contribution in [-0.4, -0.2) is 21.7 Å². The molecule has 0 aliphatic carbocycles. The molecule has 0 radical (unpaired) electrons. The van der Waals surface area contributed by atoms with Gasteiger partial charge in [-0.05, 0) is 31.2 Å². The molecule has 0 saturated carbocycles. The molecule has 3 aromatic rings. The van der Waals surface area contributed by atoms with Crippen LogP contribution < -0.4 is 10.2 Å². The van der Waals surface area contributed by atoms with Crippen molar-refractivity contribution in [1.29, 1.82) is 0 Å². The van der Waals surface area contributed by atoms with Crippen LogP contribution >= 0.6 is 11.6 Å². The van der Waals surface area contributed by atoms with Gasteiger partial charge in [-0.1, -0.05) is 35.9 Å². The van der Waals surface area contributed by atoms with Crippen molar-refractivity contribution in [2.75, 3.05) is 5.43 Å². The van der Waals surface area contributed by atoms with E-state index in [4.69, 9.17) is 16.3 Å². The van der Waals surface area contributed by atoms with E-state index in [2.05, 4.69) is 10.4 Å². The lowest BCUT2D eigenvalue weighted by atomic mass is 10.3. The van der Waals surface area contributed by atoms with Crippen molar-refractivity contribution in [3.05, 3.63) is 59.9 Å². The predicted octanol–water partition coefficient (Wildman–Crippen LogP) is 3.23. The normalized spacial score (nSPS) is 12.1. The lowest BCUT2D eigenvalue weighted by Crippen LogP contribution is -2.34. The fourth-order valence-electron chi connectivity index (χ4n) is 2.04. The van der Waals surface area contributed by atoms with Crippen molar-refractivity contribution in [2.45, 2.75) is 13.0 Å². The summed E-state index contributed by atoms with van der Waals surface area (Å²) in [5, 5.41) is 0.468. The molecule has 0 aliphatic rings. The zero-order valence-corrected chi connectivity index (χ0v) is 12.6. The van der Waals surface area contributed by atoms with Crippen LogP contribution in [0.1, 0.15) is 6.92 Å². The summed E-state index contributed by atoms with van der Waals surface area (Å²) in [6.45, 7) is 1.66. The smallest absolute Gasteiger partial charge is 0.279 e. The number of aromatic nitrogens is 2. The van der Waals surface area contributed by atoms with Crippen LogP contribution in [0.5, 0.6) is 5.75 Å². The standard InChI is InChI=1S/C16H14ClN3O2/c1-11(22-15-9-5-2-6-12(15)17)16(21)19-20-10-18-13-7-3-4-8-14(13)20/h2-11H,1H3,(H,19,21). The molecule has 1 amide bonds. The van der Waals surface area contributed by atoms with Crippen molar-refractivity contribution in [3.63, 3.8) is 0 Å². The second kappa shape index (κ2) is 6.07. The Labute approximate surface area is 132 Å². The van der Waals surface area contributed by atoms with Crippen LogP contribution in [0.4, 0.5) is 0 Å². The fraction of sp³-hybridized carbons (Fsp3) is 0.125. The number of rotatable bonds is 4. The maximum Gasteiger partial charge on any atom is 0.279 e. The van der Waals surface area contributed by atoms with Gasteiger partial charge >= 0.3 is 0 Å². The number of amides is 1. The minimum Gasteiger partial charge on any atom is -0.479 e. The summed E-state index contributed by atoms with van der Waals surface area (Å²) >= 11 is 6.02. The van der Waals surface area contributed by atoms with Crippen molar-refractivity contribution in [3.8, 4) is 5.75 Å². The molecule has 1 atom stereocenters. The number of halogens is 1. The molecule has 1 N–H and O–H groups in total. The number of fused-ring (bicyclic) bond motifs is 1. The van der Waals surface area contributed by atoms with E-state index in [-0.39, 0.29) is 5.91 Å². The van der Waals surface area contributed by atoms with Gasteiger partial charge in [0.05, 0.1) is 16.1 Å². The number of nitrogens with one attached hydrogen (secondary N) is 1. The van der Waals surface area contributed by atoms with Crippen molar-refractivity contribution in [2.24, 2.45) is 0 Å². The van der Waals surface area contributed by atoms with E-state index < -0.39 is 6.10 Å². The van der Waals surface area contributed by atoms with E-state index >= 15 is 0 Å². The maximum absolute atomic E-state index is 12.2. The van der Waals surface area contributed by atoms with Crippen LogP contribution in [0, 0.1) is 0 Å². The number of hydrogen-bond donors (Lipinski definition) is 1. The average molecular weight is 316 g/mol. The topological polar surface area (TPSA) is 56.1 Å². The van der Waals surface area contributed by atoms with Crippen LogP contribution in [0.15, 0.2) is 54.9 Å². The molecule has 0 aliphatic heterocycles. The van der Waals surface area contributed by atoms with E-state index in [0.29, 0.717) is 10.8 Å². The minimum atomic E-state index is -0.693. The molecular weight excluding hydrogens is 302 g/mol. The highest BCUT2D eigenvalue weighted by atomic mass is 35.5. The third-order valence-corrected chi connectivity index (χ3v) is 3.51. The number of ether oxygens (including phenoxy) is 1. The lowest BCUT2D eigenvalue weighted by molar-refractivity contribution is -0.122. The molecule has 0 saturated heterocycles. The molecule has 0 fully saturated rings. The molecule has 0 bridgehead atoms. The third-order valence-electron chi connectivity index (χ3n) is 3.19. The summed E-state index contributed by atoms with van der Waals surface area (Å²) < 4.78 is 7.16. The summed E-state index contributed by atoms with van der Waals surface area (Å²) in [6.07, 6.45) is 0.867. The van der Waals surface area contributed by atoms with E-state index in [1.807, 2.05) is 24.3 Å². The number of para-hydroxylation sites is 3. The van der Waals surface area contributed by atoms with Gasteiger partial charge < -0.3 is 4.74 Å². The van der Waals surface area contributed by atoms with Gasteiger partial charge in [-0.15, -0.1) is 0 Å². The molecule has 3 rings (SSSR count). The first-order chi connectivity index (χ1) is 10.6. The molecule has 22 heavy (non-hydrogen) atoms. The first-order valence-corrected chi connectivity index (χ1v) is 7.17. The summed E-state index contributed by atoms with van der Waals surface area (Å²) in [5.74, 6) is 0.186. The second-order valence-electron chi connectivity index (χ2n) is 4.77. The van der Waals surface area contributed by atoms with Gasteiger partial charge in [0.15, 0.2) is 6.10 Å². The molecule has 112 valence electrons. The molecule has 1 heterocycles. The van der Waals surface area contributed by atoms with Crippen molar-refractivity contribution < 1.29 is 9.53 Å². The van der Waals surface area contributed by atoms with E-state index in [0.717, 1.165) is 11.0 Å². The Hall–Kier alpha value is -2.53. The zero-order valence-electron chi connectivity index (χ0n) is 11.9. The van der Waals surface area contributed by atoms with E-state index in [9.17, 15) is 4.79 Å². The first-order valence-electron chi connectivity index (χ1n) is 6.79. The quantitative estimate of drug-likeness (QED) is 0.804. The summed E-state index contributed by atoms with van der Waals surface area (Å²) in [7, 11) is 0. The van der Waals surface area contributed by atoms with E-state index in [1.165, 1.54) is 0 Å². The summed E-state index contributed by atoms with van der Waals surface area (Å²) in [5.41, 5.74) is 4.38. The predicted molar refractivity (Wildman–Crippen MR) is 85.6 cm³/mol. The van der Waals surface area contributed by atoms with Gasteiger partial charge in [0.1, 0.15) is 12.1 Å². The van der Waals surface area contributed by atoms with Gasteiger partial charge in [0.2, 0.25) is 0 Å². The third kappa shape index (κ3) is 2.89. The highest BCUT2D eigenvalue weighted by Gasteiger charge is 2.17. The van der Waals surface area contributed by atoms with E-state index in [1.54, 1.807) is 42.2 Å². The fourth-order valence-corrected chi connectivity index (χ4v) is 2.22. The SMILES string of the molecule is CC(Oc1ccccc1Cl)C(=O)Nn1cnc2ccccc21. The van der Waals surface area contributed by atoms with Crippen LogP contribution in [0.25, 0.3) is 11.0 Å². The van der Waals surface area contributed by atoms with Crippen LogP contribution in [-0.2, 0) is 4.79 Å². The molecule has 6 heteroatoms.